The molecule has 0 radical (unpaired) electrons. The fraction of sp³-hybridized carbons (Fsp3) is 0.0952. The molecule has 1 N–H and O–H groups in total. The number of halogens is 1. The van der Waals surface area contributed by atoms with E-state index in [1.54, 1.807) is 37.4 Å². The summed E-state index contributed by atoms with van der Waals surface area (Å²) in [5.41, 5.74) is 2.07. The summed E-state index contributed by atoms with van der Waals surface area (Å²) < 4.78 is 27.7. The van der Waals surface area contributed by atoms with Crippen LogP contribution in [0.2, 0.25) is 0 Å². The molecule has 28 heavy (non-hydrogen) atoms. The van der Waals surface area contributed by atoms with Gasteiger partial charge in [0.15, 0.2) is 0 Å². The third kappa shape index (κ3) is 4.86. The van der Waals surface area contributed by atoms with E-state index < -0.39 is 10.0 Å². The molecule has 144 valence electrons. The van der Waals surface area contributed by atoms with Gasteiger partial charge in [0.2, 0.25) is 10.0 Å². The SMILES string of the molecule is CN(Cc1ccccc1)S(=O)(=O)c1ccc(N=Cc2cc(Br)ccc2O)cc1. The highest BCUT2D eigenvalue weighted by Gasteiger charge is 2.20. The Labute approximate surface area is 173 Å². The summed E-state index contributed by atoms with van der Waals surface area (Å²) in [6.45, 7) is 0.297. The lowest BCUT2D eigenvalue weighted by molar-refractivity contribution is 0.466. The van der Waals surface area contributed by atoms with Gasteiger partial charge in [0, 0.05) is 29.8 Å². The summed E-state index contributed by atoms with van der Waals surface area (Å²) >= 11 is 3.35. The summed E-state index contributed by atoms with van der Waals surface area (Å²) in [5.74, 6) is 0.119. The Kier molecular flexibility index (Phi) is 6.28. The van der Waals surface area contributed by atoms with Crippen molar-refractivity contribution in [3.05, 3.63) is 88.4 Å². The Morgan fingerprint density at radius 1 is 1.04 bits per heavy atom. The first-order chi connectivity index (χ1) is 13.4. The van der Waals surface area contributed by atoms with Crippen LogP contribution in [0.4, 0.5) is 5.69 Å². The van der Waals surface area contributed by atoms with Crippen molar-refractivity contribution in [2.45, 2.75) is 11.4 Å². The van der Waals surface area contributed by atoms with Crippen LogP contribution in [0.25, 0.3) is 0 Å². The van der Waals surface area contributed by atoms with E-state index in [0.29, 0.717) is 17.8 Å². The number of hydrogen-bond acceptors (Lipinski definition) is 4. The molecule has 3 rings (SSSR count). The number of hydrogen-bond donors (Lipinski definition) is 1. The Morgan fingerprint density at radius 2 is 1.71 bits per heavy atom. The number of rotatable bonds is 6. The normalized spacial score (nSPS) is 12.0. The van der Waals surface area contributed by atoms with Gasteiger partial charge < -0.3 is 5.11 Å². The smallest absolute Gasteiger partial charge is 0.243 e. The predicted molar refractivity (Wildman–Crippen MR) is 115 cm³/mol. The second-order valence-corrected chi connectivity index (χ2v) is 9.16. The van der Waals surface area contributed by atoms with E-state index >= 15 is 0 Å². The fourth-order valence-corrected chi connectivity index (χ4v) is 4.12. The summed E-state index contributed by atoms with van der Waals surface area (Å²) in [6, 6.07) is 20.8. The van der Waals surface area contributed by atoms with Crippen molar-refractivity contribution >= 4 is 37.9 Å². The first kappa shape index (κ1) is 20.3. The predicted octanol–water partition coefficient (Wildman–Crippen LogP) is 4.73. The summed E-state index contributed by atoms with van der Waals surface area (Å²) in [7, 11) is -2.04. The van der Waals surface area contributed by atoms with E-state index in [-0.39, 0.29) is 10.6 Å². The van der Waals surface area contributed by atoms with Crippen LogP contribution in [-0.2, 0) is 16.6 Å². The molecule has 0 saturated heterocycles. The van der Waals surface area contributed by atoms with Gasteiger partial charge >= 0.3 is 0 Å². The van der Waals surface area contributed by atoms with E-state index in [9.17, 15) is 13.5 Å². The van der Waals surface area contributed by atoms with Gasteiger partial charge in [-0.25, -0.2) is 8.42 Å². The van der Waals surface area contributed by atoms with Crippen LogP contribution in [0.15, 0.2) is 87.2 Å². The molecule has 7 heteroatoms. The van der Waals surface area contributed by atoms with Crippen LogP contribution in [-0.4, -0.2) is 31.1 Å². The molecule has 0 aliphatic heterocycles. The number of aromatic hydroxyl groups is 1. The van der Waals surface area contributed by atoms with Gasteiger partial charge in [-0.3, -0.25) is 4.99 Å². The van der Waals surface area contributed by atoms with Crippen LogP contribution in [0.1, 0.15) is 11.1 Å². The Morgan fingerprint density at radius 3 is 2.39 bits per heavy atom. The quantitative estimate of drug-likeness (QED) is 0.542. The topological polar surface area (TPSA) is 70.0 Å². The molecule has 0 unspecified atom stereocenters. The maximum absolute atomic E-state index is 12.8. The van der Waals surface area contributed by atoms with Crippen molar-refractivity contribution in [2.24, 2.45) is 4.99 Å². The number of phenolic OH excluding ortho intramolecular Hbond substituents is 1. The van der Waals surface area contributed by atoms with E-state index in [1.807, 2.05) is 30.3 Å². The lowest BCUT2D eigenvalue weighted by Gasteiger charge is -2.17. The molecular weight excluding hydrogens is 440 g/mol. The molecule has 0 fully saturated rings. The largest absolute Gasteiger partial charge is 0.507 e. The molecule has 0 aliphatic carbocycles. The van der Waals surface area contributed by atoms with Gasteiger partial charge in [0.05, 0.1) is 10.6 Å². The number of sulfonamides is 1. The number of benzene rings is 3. The highest BCUT2D eigenvalue weighted by molar-refractivity contribution is 9.10. The molecule has 5 nitrogen and oxygen atoms in total. The average molecular weight is 459 g/mol. The van der Waals surface area contributed by atoms with Gasteiger partial charge in [-0.2, -0.15) is 4.31 Å². The number of aliphatic imine (C=N–C) groups is 1. The molecule has 3 aromatic rings. The third-order valence-corrected chi connectivity index (χ3v) is 6.45. The zero-order chi connectivity index (χ0) is 20.1. The Balaban J connectivity index is 1.76. The van der Waals surface area contributed by atoms with E-state index in [2.05, 4.69) is 20.9 Å². The molecular formula is C21H19BrN2O3S. The Bertz CT molecular complexity index is 1080. The number of nitrogens with zero attached hydrogens (tertiary/aromatic N) is 2. The molecule has 0 aliphatic rings. The second kappa shape index (κ2) is 8.68. The van der Waals surface area contributed by atoms with Gasteiger partial charge in [-0.05, 0) is 48.0 Å². The van der Waals surface area contributed by atoms with Crippen LogP contribution < -0.4 is 0 Å². The van der Waals surface area contributed by atoms with Crippen LogP contribution in [0, 0.1) is 0 Å². The van der Waals surface area contributed by atoms with Crippen molar-refractivity contribution in [2.75, 3.05) is 7.05 Å². The van der Waals surface area contributed by atoms with Crippen molar-refractivity contribution in [3.8, 4) is 5.75 Å². The lowest BCUT2D eigenvalue weighted by atomic mass is 10.2. The summed E-state index contributed by atoms with van der Waals surface area (Å²) in [6.07, 6.45) is 1.53. The molecule has 0 saturated carbocycles. The minimum atomic E-state index is -3.60. The number of phenols is 1. The van der Waals surface area contributed by atoms with Crippen LogP contribution in [0.5, 0.6) is 5.75 Å². The molecule has 0 spiro atoms. The highest BCUT2D eigenvalue weighted by atomic mass is 79.9. The first-order valence-corrected chi connectivity index (χ1v) is 10.7. The van der Waals surface area contributed by atoms with Crippen molar-refractivity contribution < 1.29 is 13.5 Å². The van der Waals surface area contributed by atoms with E-state index in [1.165, 1.54) is 22.7 Å². The Hall–Kier alpha value is -2.48. The van der Waals surface area contributed by atoms with E-state index in [4.69, 9.17) is 0 Å². The van der Waals surface area contributed by atoms with Gasteiger partial charge in [-0.15, -0.1) is 0 Å². The van der Waals surface area contributed by atoms with Gasteiger partial charge in [-0.1, -0.05) is 46.3 Å². The third-order valence-electron chi connectivity index (χ3n) is 4.14. The van der Waals surface area contributed by atoms with Crippen LogP contribution >= 0.6 is 15.9 Å². The monoisotopic (exact) mass is 458 g/mol. The fourth-order valence-electron chi connectivity index (χ4n) is 2.58. The maximum atomic E-state index is 12.8. The first-order valence-electron chi connectivity index (χ1n) is 8.49. The molecule has 0 amide bonds. The van der Waals surface area contributed by atoms with E-state index in [0.717, 1.165) is 10.0 Å². The standard InChI is InChI=1S/C21H19BrN2O3S/c1-24(15-16-5-3-2-4-6-16)28(26,27)20-10-8-19(9-11-20)23-14-17-13-18(22)7-12-21(17)25/h2-14,25H,15H2,1H3. The molecule has 0 aromatic heterocycles. The minimum Gasteiger partial charge on any atom is -0.507 e. The minimum absolute atomic E-state index is 0.119. The lowest BCUT2D eigenvalue weighted by Crippen LogP contribution is -2.26. The van der Waals surface area contributed by atoms with Crippen molar-refractivity contribution in [1.82, 2.24) is 4.31 Å². The van der Waals surface area contributed by atoms with Crippen LogP contribution in [0.3, 0.4) is 0 Å². The van der Waals surface area contributed by atoms with Crippen molar-refractivity contribution in [1.29, 1.82) is 0 Å². The van der Waals surface area contributed by atoms with Gasteiger partial charge in [0.25, 0.3) is 0 Å². The van der Waals surface area contributed by atoms with Crippen molar-refractivity contribution in [3.63, 3.8) is 0 Å². The zero-order valence-electron chi connectivity index (χ0n) is 15.2. The maximum Gasteiger partial charge on any atom is 0.243 e. The molecule has 0 bridgehead atoms. The highest BCUT2D eigenvalue weighted by Crippen LogP contribution is 2.23. The molecule has 0 atom stereocenters. The zero-order valence-corrected chi connectivity index (χ0v) is 17.6. The molecule has 3 aromatic carbocycles. The molecule has 0 heterocycles. The second-order valence-electron chi connectivity index (χ2n) is 6.20. The summed E-state index contributed by atoms with van der Waals surface area (Å²) in [5, 5.41) is 9.85. The summed E-state index contributed by atoms with van der Waals surface area (Å²) in [4.78, 5) is 4.50. The van der Waals surface area contributed by atoms with Gasteiger partial charge in [0.1, 0.15) is 5.75 Å². The average Bonchev–Trinajstić information content (AvgIpc) is 2.69.